The molecule has 0 fully saturated rings. The summed E-state index contributed by atoms with van der Waals surface area (Å²) in [6, 6.07) is 16.2. The number of anilines is 3. The molecular formula is C23H24N4O. The lowest BCUT2D eigenvalue weighted by Crippen LogP contribution is -2.27. The van der Waals surface area contributed by atoms with E-state index >= 15 is 0 Å². The van der Waals surface area contributed by atoms with Crippen molar-refractivity contribution >= 4 is 23.2 Å². The van der Waals surface area contributed by atoms with Crippen molar-refractivity contribution in [1.29, 1.82) is 0 Å². The van der Waals surface area contributed by atoms with E-state index in [4.69, 9.17) is 0 Å². The molecule has 1 amide bonds. The average molecular weight is 372 g/mol. The van der Waals surface area contributed by atoms with Crippen molar-refractivity contribution < 1.29 is 4.79 Å². The van der Waals surface area contributed by atoms with Crippen LogP contribution in [0.1, 0.15) is 39.8 Å². The third-order valence-electron chi connectivity index (χ3n) is 5.35. The third kappa shape index (κ3) is 3.24. The van der Waals surface area contributed by atoms with Gasteiger partial charge in [0.05, 0.1) is 0 Å². The maximum Gasteiger partial charge on any atom is 0.274 e. The Bertz CT molecular complexity index is 1060. The molecule has 0 saturated heterocycles. The van der Waals surface area contributed by atoms with Gasteiger partial charge in [-0.2, -0.15) is 0 Å². The molecule has 142 valence electrons. The Balaban J connectivity index is 1.68. The lowest BCUT2D eigenvalue weighted by Gasteiger charge is -2.23. The van der Waals surface area contributed by atoms with E-state index in [-0.39, 0.29) is 11.9 Å². The second kappa shape index (κ2) is 7.08. The molecule has 1 atom stereocenters. The summed E-state index contributed by atoms with van der Waals surface area (Å²) < 4.78 is 0. The van der Waals surface area contributed by atoms with Gasteiger partial charge in [-0.05, 0) is 69.0 Å². The Morgan fingerprint density at radius 3 is 2.68 bits per heavy atom. The van der Waals surface area contributed by atoms with Gasteiger partial charge in [-0.1, -0.05) is 30.3 Å². The van der Waals surface area contributed by atoms with Crippen LogP contribution in [0.2, 0.25) is 0 Å². The van der Waals surface area contributed by atoms with Gasteiger partial charge in [-0.3, -0.25) is 4.79 Å². The summed E-state index contributed by atoms with van der Waals surface area (Å²) in [6.07, 6.45) is 0.942. The van der Waals surface area contributed by atoms with E-state index in [1.165, 1.54) is 5.56 Å². The second-order valence-electron chi connectivity index (χ2n) is 7.45. The maximum atomic E-state index is 12.9. The van der Waals surface area contributed by atoms with Crippen LogP contribution in [-0.2, 0) is 6.42 Å². The molecule has 28 heavy (non-hydrogen) atoms. The molecule has 1 aromatic heterocycles. The predicted molar refractivity (Wildman–Crippen MR) is 112 cm³/mol. The van der Waals surface area contributed by atoms with Crippen LogP contribution in [0.5, 0.6) is 0 Å². The fourth-order valence-corrected chi connectivity index (χ4v) is 3.72. The van der Waals surface area contributed by atoms with Crippen molar-refractivity contribution in [3.05, 3.63) is 76.6 Å². The van der Waals surface area contributed by atoms with Crippen molar-refractivity contribution in [3.63, 3.8) is 0 Å². The fourth-order valence-electron chi connectivity index (χ4n) is 3.72. The first-order valence-electron chi connectivity index (χ1n) is 9.54. The Labute approximate surface area is 165 Å². The van der Waals surface area contributed by atoms with Crippen molar-refractivity contribution in [3.8, 4) is 0 Å². The number of aromatic nitrogens is 2. The maximum absolute atomic E-state index is 12.9. The molecule has 2 aromatic carbocycles. The highest BCUT2D eigenvalue weighted by Gasteiger charge is 2.29. The van der Waals surface area contributed by atoms with E-state index in [1.807, 2.05) is 45.0 Å². The van der Waals surface area contributed by atoms with Crippen LogP contribution in [0.4, 0.5) is 17.3 Å². The Morgan fingerprint density at radius 2 is 1.86 bits per heavy atom. The van der Waals surface area contributed by atoms with Gasteiger partial charge in [0.25, 0.3) is 5.91 Å². The van der Waals surface area contributed by atoms with Gasteiger partial charge in [0.2, 0.25) is 5.95 Å². The number of hydrogen-bond acceptors (Lipinski definition) is 4. The summed E-state index contributed by atoms with van der Waals surface area (Å²) in [7, 11) is 0. The normalized spacial score (nSPS) is 15.4. The number of rotatable bonds is 3. The van der Waals surface area contributed by atoms with Crippen LogP contribution in [0.15, 0.2) is 48.5 Å². The first-order valence-corrected chi connectivity index (χ1v) is 9.54. The summed E-state index contributed by atoms with van der Waals surface area (Å²) in [5, 5.41) is 2.99. The Hall–Kier alpha value is -3.21. The minimum absolute atomic E-state index is 0.222. The molecule has 1 aliphatic rings. The zero-order chi connectivity index (χ0) is 19.8. The van der Waals surface area contributed by atoms with Crippen LogP contribution in [0, 0.1) is 20.8 Å². The minimum Gasteiger partial charge on any atom is -0.320 e. The monoisotopic (exact) mass is 372 g/mol. The van der Waals surface area contributed by atoms with E-state index in [2.05, 4.69) is 45.3 Å². The van der Waals surface area contributed by atoms with Gasteiger partial charge in [0.15, 0.2) is 0 Å². The quantitative estimate of drug-likeness (QED) is 0.722. The summed E-state index contributed by atoms with van der Waals surface area (Å²) in [5.74, 6) is 0.351. The van der Waals surface area contributed by atoms with E-state index in [9.17, 15) is 4.79 Å². The topological polar surface area (TPSA) is 58.1 Å². The van der Waals surface area contributed by atoms with Crippen molar-refractivity contribution in [2.24, 2.45) is 0 Å². The Kier molecular flexibility index (Phi) is 4.59. The number of aryl methyl sites for hydroxylation is 2. The molecule has 4 rings (SSSR count). The van der Waals surface area contributed by atoms with Crippen molar-refractivity contribution in [2.75, 3.05) is 10.2 Å². The zero-order valence-corrected chi connectivity index (χ0v) is 16.7. The van der Waals surface area contributed by atoms with Gasteiger partial charge >= 0.3 is 0 Å². The number of nitrogens with one attached hydrogen (secondary N) is 1. The third-order valence-corrected chi connectivity index (χ3v) is 5.35. The van der Waals surface area contributed by atoms with Crippen LogP contribution in [-0.4, -0.2) is 21.9 Å². The molecule has 0 bridgehead atoms. The molecule has 0 aliphatic carbocycles. The molecule has 3 aromatic rings. The summed E-state index contributed by atoms with van der Waals surface area (Å²) in [5.41, 5.74) is 6.54. The molecule has 1 N–H and O–H groups in total. The molecule has 0 radical (unpaired) electrons. The number of carbonyl (C=O) groups is 1. The highest BCUT2D eigenvalue weighted by Crippen LogP contribution is 2.36. The lowest BCUT2D eigenvalue weighted by atomic mass is 10.1. The second-order valence-corrected chi connectivity index (χ2v) is 7.45. The van der Waals surface area contributed by atoms with Gasteiger partial charge in [0.1, 0.15) is 5.69 Å². The standard InChI is InChI=1S/C23H24N4O/c1-14-8-7-10-19(17(14)4)25-22(28)20-12-15(2)24-23(26-20)27-16(3)13-18-9-5-6-11-21(18)27/h5-12,16H,13H2,1-4H3,(H,25,28). The molecule has 1 unspecified atom stereocenters. The van der Waals surface area contributed by atoms with E-state index in [1.54, 1.807) is 6.07 Å². The highest BCUT2D eigenvalue weighted by molar-refractivity contribution is 6.03. The van der Waals surface area contributed by atoms with E-state index < -0.39 is 0 Å². The number of amides is 1. The molecule has 1 aliphatic heterocycles. The largest absolute Gasteiger partial charge is 0.320 e. The van der Waals surface area contributed by atoms with E-state index in [0.717, 1.165) is 34.6 Å². The number of carbonyl (C=O) groups excluding carboxylic acids is 1. The van der Waals surface area contributed by atoms with Crippen LogP contribution >= 0.6 is 0 Å². The van der Waals surface area contributed by atoms with Crippen LogP contribution < -0.4 is 10.2 Å². The first kappa shape index (κ1) is 18.2. The first-order chi connectivity index (χ1) is 13.4. The number of nitrogens with zero attached hydrogens (tertiary/aromatic N) is 3. The minimum atomic E-state index is -0.222. The molecule has 0 spiro atoms. The van der Waals surface area contributed by atoms with Crippen molar-refractivity contribution in [2.45, 2.75) is 40.2 Å². The average Bonchev–Trinajstić information content (AvgIpc) is 3.00. The SMILES string of the molecule is Cc1cc(C(=O)Nc2cccc(C)c2C)nc(N2c3ccccc3CC2C)n1. The van der Waals surface area contributed by atoms with Crippen molar-refractivity contribution in [1.82, 2.24) is 9.97 Å². The van der Waals surface area contributed by atoms with Gasteiger partial charge in [0, 0.05) is 23.1 Å². The number of benzene rings is 2. The number of fused-ring (bicyclic) bond motifs is 1. The molecular weight excluding hydrogens is 348 g/mol. The molecule has 5 heteroatoms. The fraction of sp³-hybridized carbons (Fsp3) is 0.261. The molecule has 2 heterocycles. The van der Waals surface area contributed by atoms with E-state index in [0.29, 0.717) is 11.6 Å². The smallest absolute Gasteiger partial charge is 0.274 e. The number of hydrogen-bond donors (Lipinski definition) is 1. The van der Waals surface area contributed by atoms with Gasteiger partial charge < -0.3 is 10.2 Å². The summed E-state index contributed by atoms with van der Waals surface area (Å²) in [4.78, 5) is 24.3. The number of para-hydroxylation sites is 1. The zero-order valence-electron chi connectivity index (χ0n) is 16.7. The predicted octanol–water partition coefficient (Wildman–Crippen LogP) is 4.74. The van der Waals surface area contributed by atoms with Gasteiger partial charge in [-0.25, -0.2) is 9.97 Å². The van der Waals surface area contributed by atoms with Gasteiger partial charge in [-0.15, -0.1) is 0 Å². The lowest BCUT2D eigenvalue weighted by molar-refractivity contribution is 0.102. The summed E-state index contributed by atoms with van der Waals surface area (Å²) >= 11 is 0. The van der Waals surface area contributed by atoms with Crippen LogP contribution in [0.25, 0.3) is 0 Å². The van der Waals surface area contributed by atoms with Crippen LogP contribution in [0.3, 0.4) is 0 Å². The molecule has 5 nitrogen and oxygen atoms in total. The molecule has 0 saturated carbocycles. The summed E-state index contributed by atoms with van der Waals surface area (Å²) in [6.45, 7) is 8.09. The highest BCUT2D eigenvalue weighted by atomic mass is 16.1. The Morgan fingerprint density at radius 1 is 1.07 bits per heavy atom.